The molecule has 0 spiro atoms. The lowest BCUT2D eigenvalue weighted by molar-refractivity contribution is -0.137. The molecular formula is C20H13F5N6O4. The number of amides is 3. The Balaban J connectivity index is 1.66. The number of ether oxygens (including phenoxy) is 2. The standard InChI is InChI=1S/C20H13F5N6O4/c21-17(22)35-14-6-12(34-15-3-4-28-18(26)29-15)1-2-13(14)31-16(32)9-30(19(31)33)11-5-10(7-27-8-11)20(23,24)25/h1-8,17H,9H2,(H2,26,28,29). The van der Waals surface area contributed by atoms with E-state index in [0.29, 0.717) is 17.2 Å². The van der Waals surface area contributed by atoms with Gasteiger partial charge in [-0.1, -0.05) is 0 Å². The minimum atomic E-state index is -4.74. The first kappa shape index (κ1) is 23.6. The summed E-state index contributed by atoms with van der Waals surface area (Å²) in [6, 6.07) is 4.21. The van der Waals surface area contributed by atoms with Crippen molar-refractivity contribution in [3.8, 4) is 17.4 Å². The van der Waals surface area contributed by atoms with E-state index in [1.54, 1.807) is 0 Å². The number of imide groups is 1. The highest BCUT2D eigenvalue weighted by molar-refractivity contribution is 6.27. The van der Waals surface area contributed by atoms with Gasteiger partial charge in [0.15, 0.2) is 5.75 Å². The van der Waals surface area contributed by atoms with Crippen molar-refractivity contribution in [3.05, 3.63) is 54.5 Å². The van der Waals surface area contributed by atoms with Crippen LogP contribution < -0.4 is 25.0 Å². The number of benzene rings is 1. The fourth-order valence-corrected chi connectivity index (χ4v) is 3.14. The number of nitrogens with zero attached hydrogens (tertiary/aromatic N) is 5. The predicted molar refractivity (Wildman–Crippen MR) is 109 cm³/mol. The molecule has 0 atom stereocenters. The average Bonchev–Trinajstić information content (AvgIpc) is 3.07. The molecule has 15 heteroatoms. The van der Waals surface area contributed by atoms with E-state index >= 15 is 0 Å². The van der Waals surface area contributed by atoms with E-state index in [2.05, 4.69) is 19.7 Å². The molecule has 10 nitrogen and oxygen atoms in total. The molecule has 4 rings (SSSR count). The Morgan fingerprint density at radius 3 is 2.54 bits per heavy atom. The number of aromatic nitrogens is 3. The van der Waals surface area contributed by atoms with Gasteiger partial charge in [0.05, 0.1) is 23.1 Å². The van der Waals surface area contributed by atoms with Crippen LogP contribution in [-0.2, 0) is 11.0 Å². The maximum Gasteiger partial charge on any atom is 0.417 e. The molecule has 2 N–H and O–H groups in total. The Morgan fingerprint density at radius 1 is 1.09 bits per heavy atom. The van der Waals surface area contributed by atoms with Gasteiger partial charge in [0.25, 0.3) is 5.91 Å². The zero-order valence-corrected chi connectivity index (χ0v) is 17.2. The van der Waals surface area contributed by atoms with Gasteiger partial charge in [-0.15, -0.1) is 0 Å². The second-order valence-corrected chi connectivity index (χ2v) is 6.89. The molecule has 0 radical (unpaired) electrons. The molecule has 3 heterocycles. The molecule has 1 aliphatic rings. The molecule has 1 saturated heterocycles. The first-order valence-corrected chi connectivity index (χ1v) is 9.55. The van der Waals surface area contributed by atoms with Crippen LogP contribution in [0.15, 0.2) is 48.9 Å². The van der Waals surface area contributed by atoms with Crippen LogP contribution in [0.5, 0.6) is 17.4 Å². The number of carbonyl (C=O) groups is 2. The van der Waals surface area contributed by atoms with Gasteiger partial charge in [-0.25, -0.2) is 14.7 Å². The number of anilines is 3. The van der Waals surface area contributed by atoms with Crippen LogP contribution in [0.2, 0.25) is 0 Å². The zero-order chi connectivity index (χ0) is 25.3. The topological polar surface area (TPSA) is 124 Å². The van der Waals surface area contributed by atoms with Crippen molar-refractivity contribution >= 4 is 29.3 Å². The summed E-state index contributed by atoms with van der Waals surface area (Å²) in [6.07, 6.45) is -1.92. The van der Waals surface area contributed by atoms with Gasteiger partial charge in [-0.3, -0.25) is 14.7 Å². The van der Waals surface area contributed by atoms with E-state index in [4.69, 9.17) is 10.5 Å². The molecular weight excluding hydrogens is 483 g/mol. The molecule has 3 amide bonds. The quantitative estimate of drug-likeness (QED) is 0.403. The maximum atomic E-state index is 13.1. The Kier molecular flexibility index (Phi) is 6.07. The van der Waals surface area contributed by atoms with E-state index in [1.165, 1.54) is 18.3 Å². The molecule has 182 valence electrons. The lowest BCUT2D eigenvalue weighted by Crippen LogP contribution is -2.33. The fraction of sp³-hybridized carbons (Fsp3) is 0.150. The van der Waals surface area contributed by atoms with Gasteiger partial charge in [0.2, 0.25) is 11.8 Å². The van der Waals surface area contributed by atoms with Crippen LogP contribution >= 0.6 is 0 Å². The third-order valence-corrected chi connectivity index (χ3v) is 4.59. The summed E-state index contributed by atoms with van der Waals surface area (Å²) in [7, 11) is 0. The lowest BCUT2D eigenvalue weighted by atomic mass is 10.2. The van der Waals surface area contributed by atoms with E-state index in [9.17, 15) is 31.5 Å². The number of hydrogen-bond donors (Lipinski definition) is 1. The summed E-state index contributed by atoms with van der Waals surface area (Å²) in [5.41, 5.74) is 3.64. The van der Waals surface area contributed by atoms with Crippen molar-refractivity contribution in [1.29, 1.82) is 0 Å². The number of carbonyl (C=O) groups excluding carboxylic acids is 2. The fourth-order valence-electron chi connectivity index (χ4n) is 3.14. The number of nitrogen functional groups attached to an aromatic ring is 1. The van der Waals surface area contributed by atoms with Gasteiger partial charge < -0.3 is 15.2 Å². The zero-order valence-electron chi connectivity index (χ0n) is 17.2. The molecule has 35 heavy (non-hydrogen) atoms. The van der Waals surface area contributed by atoms with Gasteiger partial charge >= 0.3 is 18.8 Å². The summed E-state index contributed by atoms with van der Waals surface area (Å²) < 4.78 is 75.1. The molecule has 0 saturated carbocycles. The normalized spacial score (nSPS) is 14.1. The van der Waals surface area contributed by atoms with Gasteiger partial charge in [0, 0.05) is 24.5 Å². The highest BCUT2D eigenvalue weighted by atomic mass is 19.4. The number of rotatable bonds is 6. The first-order valence-electron chi connectivity index (χ1n) is 9.55. The maximum absolute atomic E-state index is 13.1. The average molecular weight is 496 g/mol. The molecule has 3 aromatic rings. The number of pyridine rings is 1. The van der Waals surface area contributed by atoms with Crippen LogP contribution in [0.1, 0.15) is 5.56 Å². The highest BCUT2D eigenvalue weighted by Crippen LogP contribution is 2.38. The molecule has 0 aliphatic carbocycles. The SMILES string of the molecule is Nc1nccc(Oc2ccc(N3C(=O)CN(c4cncc(C(F)(F)F)c4)C3=O)c(OC(F)F)c2)n1. The number of urea groups is 1. The van der Waals surface area contributed by atoms with Crippen LogP contribution in [0, 0.1) is 0 Å². The van der Waals surface area contributed by atoms with E-state index in [1.807, 2.05) is 0 Å². The largest absolute Gasteiger partial charge is 0.439 e. The Labute approximate surface area is 192 Å². The van der Waals surface area contributed by atoms with Crippen molar-refractivity contribution in [1.82, 2.24) is 15.0 Å². The summed E-state index contributed by atoms with van der Waals surface area (Å²) in [5, 5.41) is 0. The minimum Gasteiger partial charge on any atom is -0.439 e. The first-order chi connectivity index (χ1) is 16.5. The van der Waals surface area contributed by atoms with Crippen molar-refractivity contribution in [3.63, 3.8) is 0 Å². The Hall–Kier alpha value is -4.56. The van der Waals surface area contributed by atoms with Gasteiger partial charge in [-0.2, -0.15) is 26.9 Å². The monoisotopic (exact) mass is 496 g/mol. The second kappa shape index (κ2) is 9.00. The van der Waals surface area contributed by atoms with E-state index in [-0.39, 0.29) is 29.0 Å². The Morgan fingerprint density at radius 2 is 1.86 bits per heavy atom. The molecule has 0 bridgehead atoms. The van der Waals surface area contributed by atoms with Crippen molar-refractivity contribution in [2.45, 2.75) is 12.8 Å². The van der Waals surface area contributed by atoms with Crippen LogP contribution in [-0.4, -0.2) is 40.0 Å². The summed E-state index contributed by atoms with van der Waals surface area (Å²) >= 11 is 0. The number of hydrogen-bond acceptors (Lipinski definition) is 8. The van der Waals surface area contributed by atoms with E-state index in [0.717, 1.165) is 23.2 Å². The minimum absolute atomic E-state index is 0.0233. The molecule has 1 aliphatic heterocycles. The summed E-state index contributed by atoms with van der Waals surface area (Å²) in [4.78, 5) is 37.7. The predicted octanol–water partition coefficient (Wildman–Crippen LogP) is 3.84. The van der Waals surface area contributed by atoms with Gasteiger partial charge in [-0.05, 0) is 18.2 Å². The molecule has 0 unspecified atom stereocenters. The number of halogens is 5. The van der Waals surface area contributed by atoms with Crippen LogP contribution in [0.3, 0.4) is 0 Å². The summed E-state index contributed by atoms with van der Waals surface area (Å²) in [6.45, 7) is -4.00. The van der Waals surface area contributed by atoms with Crippen LogP contribution in [0.4, 0.5) is 44.1 Å². The molecule has 1 aromatic carbocycles. The number of nitrogens with two attached hydrogens (primary N) is 1. The van der Waals surface area contributed by atoms with Crippen LogP contribution in [0.25, 0.3) is 0 Å². The Bertz CT molecular complexity index is 1290. The smallest absolute Gasteiger partial charge is 0.417 e. The second-order valence-electron chi connectivity index (χ2n) is 6.89. The number of alkyl halides is 5. The summed E-state index contributed by atoms with van der Waals surface area (Å²) in [5.74, 6) is -1.69. The van der Waals surface area contributed by atoms with Crippen molar-refractivity contribution in [2.24, 2.45) is 0 Å². The van der Waals surface area contributed by atoms with Crippen molar-refractivity contribution in [2.75, 3.05) is 22.1 Å². The third kappa shape index (κ3) is 5.02. The molecule has 1 fully saturated rings. The van der Waals surface area contributed by atoms with E-state index < -0.39 is 42.6 Å². The van der Waals surface area contributed by atoms with Gasteiger partial charge in [0.1, 0.15) is 12.3 Å². The third-order valence-electron chi connectivity index (χ3n) is 4.59. The van der Waals surface area contributed by atoms with Crippen molar-refractivity contribution < 1.29 is 41.0 Å². The molecule has 2 aromatic heterocycles. The lowest BCUT2D eigenvalue weighted by Gasteiger charge is -2.20. The highest BCUT2D eigenvalue weighted by Gasteiger charge is 2.41.